The number of hydrogen-bond donors (Lipinski definition) is 0. The Hall–Kier alpha value is -1.42. The molecular formula is C16H17BrN2O. The standard InChI is InChI=1S/C16H17BrN2O/c1-3-19-14(15(17)10(2)18-19)9-12-8-11-6-4-5-7-13(11)16(12)20/h4-7,12H,3,8-9H2,1-2H3. The van der Waals surface area contributed by atoms with E-state index < -0.39 is 0 Å². The summed E-state index contributed by atoms with van der Waals surface area (Å²) in [4.78, 5) is 12.5. The van der Waals surface area contributed by atoms with Crippen molar-refractivity contribution in [1.29, 1.82) is 0 Å². The van der Waals surface area contributed by atoms with Crippen molar-refractivity contribution in [2.24, 2.45) is 5.92 Å². The lowest BCUT2D eigenvalue weighted by atomic mass is 9.99. The van der Waals surface area contributed by atoms with Crippen molar-refractivity contribution in [3.8, 4) is 0 Å². The maximum Gasteiger partial charge on any atom is 0.166 e. The molecule has 0 fully saturated rings. The Kier molecular flexibility index (Phi) is 3.50. The molecule has 4 heteroatoms. The van der Waals surface area contributed by atoms with Crippen molar-refractivity contribution in [2.75, 3.05) is 0 Å². The predicted molar refractivity (Wildman–Crippen MR) is 82.0 cm³/mol. The van der Waals surface area contributed by atoms with Gasteiger partial charge in [-0.25, -0.2) is 0 Å². The molecule has 0 aliphatic heterocycles. The van der Waals surface area contributed by atoms with Gasteiger partial charge in [0.15, 0.2) is 5.78 Å². The molecule has 2 aromatic rings. The molecule has 0 N–H and O–H groups in total. The molecule has 1 atom stereocenters. The van der Waals surface area contributed by atoms with Gasteiger partial charge in [-0.05, 0) is 41.8 Å². The number of fused-ring (bicyclic) bond motifs is 1. The number of carbonyl (C=O) groups is 1. The Morgan fingerprint density at radius 2 is 2.15 bits per heavy atom. The highest BCUT2D eigenvalue weighted by molar-refractivity contribution is 9.10. The van der Waals surface area contributed by atoms with Crippen LogP contribution in [0.25, 0.3) is 0 Å². The number of carbonyl (C=O) groups excluding carboxylic acids is 1. The second kappa shape index (κ2) is 5.17. The zero-order valence-electron chi connectivity index (χ0n) is 11.7. The lowest BCUT2D eigenvalue weighted by Gasteiger charge is -2.10. The molecule has 0 saturated carbocycles. The number of aromatic nitrogens is 2. The molecule has 0 spiro atoms. The summed E-state index contributed by atoms with van der Waals surface area (Å²) in [5, 5.41) is 4.50. The summed E-state index contributed by atoms with van der Waals surface area (Å²) >= 11 is 3.61. The summed E-state index contributed by atoms with van der Waals surface area (Å²) in [6.45, 7) is 4.90. The van der Waals surface area contributed by atoms with Gasteiger partial charge >= 0.3 is 0 Å². The minimum absolute atomic E-state index is 0.0464. The Morgan fingerprint density at radius 1 is 1.40 bits per heavy atom. The summed E-state index contributed by atoms with van der Waals surface area (Å²) in [7, 11) is 0. The van der Waals surface area contributed by atoms with Gasteiger partial charge in [0, 0.05) is 24.4 Å². The minimum atomic E-state index is 0.0464. The summed E-state index contributed by atoms with van der Waals surface area (Å²) < 4.78 is 3.04. The predicted octanol–water partition coefficient (Wildman–Crippen LogP) is 3.57. The fraction of sp³-hybridized carbons (Fsp3) is 0.375. The van der Waals surface area contributed by atoms with Crippen LogP contribution >= 0.6 is 15.9 Å². The van der Waals surface area contributed by atoms with Crippen LogP contribution in [0.1, 0.15) is 34.2 Å². The Bertz CT molecular complexity index is 675. The molecule has 0 saturated heterocycles. The van der Waals surface area contributed by atoms with Crippen LogP contribution < -0.4 is 0 Å². The maximum absolute atomic E-state index is 12.5. The van der Waals surface area contributed by atoms with E-state index in [4.69, 9.17) is 0 Å². The SMILES string of the molecule is CCn1nc(C)c(Br)c1CC1Cc2ccccc2C1=O. The highest BCUT2D eigenvalue weighted by Crippen LogP contribution is 2.31. The van der Waals surface area contributed by atoms with E-state index in [9.17, 15) is 4.79 Å². The first-order valence-electron chi connectivity index (χ1n) is 6.95. The first-order chi connectivity index (χ1) is 9.61. The van der Waals surface area contributed by atoms with Gasteiger partial charge in [-0.15, -0.1) is 0 Å². The smallest absolute Gasteiger partial charge is 0.166 e. The van der Waals surface area contributed by atoms with E-state index in [0.29, 0.717) is 0 Å². The van der Waals surface area contributed by atoms with Crippen molar-refractivity contribution in [3.05, 3.63) is 51.3 Å². The largest absolute Gasteiger partial charge is 0.294 e. The summed E-state index contributed by atoms with van der Waals surface area (Å²) in [5.74, 6) is 0.319. The molecule has 1 unspecified atom stereocenters. The third kappa shape index (κ3) is 2.12. The average Bonchev–Trinajstić information content (AvgIpc) is 2.92. The van der Waals surface area contributed by atoms with Gasteiger partial charge in [0.2, 0.25) is 0 Å². The molecule has 3 nitrogen and oxygen atoms in total. The van der Waals surface area contributed by atoms with Crippen LogP contribution in [0.5, 0.6) is 0 Å². The van der Waals surface area contributed by atoms with Crippen molar-refractivity contribution in [3.63, 3.8) is 0 Å². The first-order valence-corrected chi connectivity index (χ1v) is 7.75. The van der Waals surface area contributed by atoms with E-state index in [1.54, 1.807) is 0 Å². The molecule has 3 rings (SSSR count). The molecule has 1 aromatic heterocycles. The van der Waals surface area contributed by atoms with Gasteiger partial charge in [-0.2, -0.15) is 5.10 Å². The highest BCUT2D eigenvalue weighted by Gasteiger charge is 2.31. The number of aryl methyl sites for hydroxylation is 2. The lowest BCUT2D eigenvalue weighted by Crippen LogP contribution is -2.15. The number of hydrogen-bond acceptors (Lipinski definition) is 2. The van der Waals surface area contributed by atoms with Crippen LogP contribution in [0, 0.1) is 12.8 Å². The van der Waals surface area contributed by atoms with Gasteiger partial charge in [0.1, 0.15) is 0 Å². The number of benzene rings is 1. The topological polar surface area (TPSA) is 34.9 Å². The molecular weight excluding hydrogens is 316 g/mol. The van der Waals surface area contributed by atoms with Crippen molar-refractivity contribution < 1.29 is 4.79 Å². The van der Waals surface area contributed by atoms with E-state index in [0.717, 1.165) is 40.8 Å². The molecule has 104 valence electrons. The normalized spacial score (nSPS) is 17.6. The summed E-state index contributed by atoms with van der Waals surface area (Å²) in [6.07, 6.45) is 1.60. The molecule has 1 heterocycles. The van der Waals surface area contributed by atoms with Crippen LogP contribution in [0.2, 0.25) is 0 Å². The summed E-state index contributed by atoms with van der Waals surface area (Å²) in [6, 6.07) is 7.94. The Balaban J connectivity index is 1.89. The Morgan fingerprint density at radius 3 is 2.85 bits per heavy atom. The molecule has 1 aliphatic rings. The molecule has 0 amide bonds. The second-order valence-corrected chi connectivity index (χ2v) is 6.08. The van der Waals surface area contributed by atoms with Crippen LogP contribution in [0.15, 0.2) is 28.7 Å². The van der Waals surface area contributed by atoms with E-state index >= 15 is 0 Å². The number of halogens is 1. The van der Waals surface area contributed by atoms with E-state index in [-0.39, 0.29) is 11.7 Å². The van der Waals surface area contributed by atoms with E-state index in [1.165, 1.54) is 5.56 Å². The van der Waals surface area contributed by atoms with Gasteiger partial charge in [0.05, 0.1) is 15.9 Å². The minimum Gasteiger partial charge on any atom is -0.294 e. The molecule has 1 aliphatic carbocycles. The van der Waals surface area contributed by atoms with Crippen molar-refractivity contribution in [1.82, 2.24) is 9.78 Å². The van der Waals surface area contributed by atoms with Crippen LogP contribution in [0.3, 0.4) is 0 Å². The first kappa shape index (κ1) is 13.6. The van der Waals surface area contributed by atoms with Gasteiger partial charge in [0.25, 0.3) is 0 Å². The zero-order valence-corrected chi connectivity index (χ0v) is 13.3. The van der Waals surface area contributed by atoms with Gasteiger partial charge in [-0.3, -0.25) is 9.48 Å². The Labute approximate surface area is 127 Å². The number of ketones is 1. The van der Waals surface area contributed by atoms with E-state index in [1.807, 2.05) is 29.8 Å². The van der Waals surface area contributed by atoms with Gasteiger partial charge < -0.3 is 0 Å². The molecule has 20 heavy (non-hydrogen) atoms. The fourth-order valence-corrected chi connectivity index (χ4v) is 3.42. The highest BCUT2D eigenvalue weighted by atomic mass is 79.9. The van der Waals surface area contributed by atoms with Crippen molar-refractivity contribution >= 4 is 21.7 Å². The third-order valence-corrected chi connectivity index (χ3v) is 5.04. The molecule has 0 bridgehead atoms. The van der Waals surface area contributed by atoms with Crippen LogP contribution in [-0.4, -0.2) is 15.6 Å². The lowest BCUT2D eigenvalue weighted by molar-refractivity contribution is 0.0935. The third-order valence-electron chi connectivity index (χ3n) is 4.01. The quantitative estimate of drug-likeness (QED) is 0.861. The monoisotopic (exact) mass is 332 g/mol. The number of nitrogens with zero attached hydrogens (tertiary/aromatic N) is 2. The second-order valence-electron chi connectivity index (χ2n) is 5.29. The van der Waals surface area contributed by atoms with Crippen LogP contribution in [0.4, 0.5) is 0 Å². The van der Waals surface area contributed by atoms with E-state index in [2.05, 4.69) is 34.0 Å². The maximum atomic E-state index is 12.5. The average molecular weight is 333 g/mol. The molecule has 1 aromatic carbocycles. The summed E-state index contributed by atoms with van der Waals surface area (Å²) in [5.41, 5.74) is 4.20. The zero-order chi connectivity index (χ0) is 14.3. The number of rotatable bonds is 3. The number of Topliss-reactive ketones (excluding diaryl/α,β-unsaturated/α-hetero) is 1. The van der Waals surface area contributed by atoms with Crippen LogP contribution in [-0.2, 0) is 19.4 Å². The fourth-order valence-electron chi connectivity index (χ4n) is 2.98. The van der Waals surface area contributed by atoms with Crippen molar-refractivity contribution in [2.45, 2.75) is 33.2 Å². The molecule has 0 radical (unpaired) electrons. The van der Waals surface area contributed by atoms with Gasteiger partial charge in [-0.1, -0.05) is 24.3 Å².